The Morgan fingerprint density at radius 2 is 2.08 bits per heavy atom. The van der Waals surface area contributed by atoms with Gasteiger partial charge in [-0.05, 0) is 25.0 Å². The second-order valence-corrected chi connectivity index (χ2v) is 5.40. The van der Waals surface area contributed by atoms with Crippen molar-refractivity contribution in [2.75, 3.05) is 6.54 Å². The smallest absolute Gasteiger partial charge is 0.188 e. The van der Waals surface area contributed by atoms with Crippen LogP contribution in [0.1, 0.15) is 36.5 Å². The number of rotatable bonds is 7. The fourth-order valence-electron chi connectivity index (χ4n) is 2.66. The summed E-state index contributed by atoms with van der Waals surface area (Å²) in [7, 11) is 1.99. The van der Waals surface area contributed by atoms with E-state index in [1.807, 2.05) is 29.9 Å². The molecule has 2 aromatic rings. The molecule has 2 aromatic heterocycles. The molecule has 24 heavy (non-hydrogen) atoms. The first-order chi connectivity index (χ1) is 11.2. The summed E-state index contributed by atoms with van der Waals surface area (Å²) in [5, 5.41) is 7.70. The van der Waals surface area contributed by atoms with Gasteiger partial charge in [0.15, 0.2) is 5.96 Å². The molecule has 132 valence electrons. The number of aliphatic imine (C=N–C) groups is 1. The van der Waals surface area contributed by atoms with E-state index in [1.54, 1.807) is 6.20 Å². The minimum atomic E-state index is 0. The number of hydrogen-bond donors (Lipinski definition) is 2. The first-order valence-corrected chi connectivity index (χ1v) is 8.13. The van der Waals surface area contributed by atoms with Gasteiger partial charge >= 0.3 is 0 Å². The predicted octanol–water partition coefficient (Wildman–Crippen LogP) is 2.20. The third-order valence-corrected chi connectivity index (χ3v) is 3.85. The van der Waals surface area contributed by atoms with Gasteiger partial charge in [-0.25, -0.2) is 4.99 Å². The molecule has 0 fully saturated rings. The van der Waals surface area contributed by atoms with E-state index in [4.69, 9.17) is 5.73 Å². The number of guanidine groups is 1. The lowest BCUT2D eigenvalue weighted by Crippen LogP contribution is -2.33. The second-order valence-electron chi connectivity index (χ2n) is 5.40. The molecule has 3 N–H and O–H groups in total. The fraction of sp³-hybridized carbons (Fsp3) is 0.471. The van der Waals surface area contributed by atoms with Gasteiger partial charge in [0.2, 0.25) is 0 Å². The van der Waals surface area contributed by atoms with Gasteiger partial charge in [-0.2, -0.15) is 5.10 Å². The van der Waals surface area contributed by atoms with Crippen LogP contribution in [0.5, 0.6) is 0 Å². The Hall–Kier alpha value is -1.64. The summed E-state index contributed by atoms with van der Waals surface area (Å²) in [6, 6.07) is 5.91. The summed E-state index contributed by atoms with van der Waals surface area (Å²) in [4.78, 5) is 8.75. The van der Waals surface area contributed by atoms with Gasteiger partial charge in [0, 0.05) is 43.2 Å². The molecule has 2 rings (SSSR count). The topological polar surface area (TPSA) is 81.1 Å². The second kappa shape index (κ2) is 10.3. The normalized spacial score (nSPS) is 11.2. The molecule has 0 saturated carbocycles. The van der Waals surface area contributed by atoms with Gasteiger partial charge < -0.3 is 11.1 Å². The summed E-state index contributed by atoms with van der Waals surface area (Å²) in [6.45, 7) is 5.55. The zero-order valence-electron chi connectivity index (χ0n) is 14.6. The van der Waals surface area contributed by atoms with E-state index in [0.29, 0.717) is 12.5 Å². The maximum Gasteiger partial charge on any atom is 0.188 e. The molecule has 0 bridgehead atoms. The van der Waals surface area contributed by atoms with E-state index >= 15 is 0 Å². The van der Waals surface area contributed by atoms with Crippen molar-refractivity contribution in [1.29, 1.82) is 0 Å². The van der Waals surface area contributed by atoms with Crippen molar-refractivity contribution in [3.8, 4) is 0 Å². The Kier molecular flexibility index (Phi) is 8.73. The zero-order chi connectivity index (χ0) is 16.7. The molecular weight excluding hydrogens is 415 g/mol. The number of nitrogens with two attached hydrogens (primary N) is 1. The van der Waals surface area contributed by atoms with Crippen molar-refractivity contribution in [1.82, 2.24) is 20.1 Å². The summed E-state index contributed by atoms with van der Waals surface area (Å²) in [6.07, 6.45) is 4.48. The fourth-order valence-corrected chi connectivity index (χ4v) is 2.66. The Balaban J connectivity index is 0.00000288. The van der Waals surface area contributed by atoms with E-state index < -0.39 is 0 Å². The molecule has 0 amide bonds. The van der Waals surface area contributed by atoms with Gasteiger partial charge in [-0.1, -0.05) is 19.9 Å². The minimum absolute atomic E-state index is 0. The van der Waals surface area contributed by atoms with Crippen molar-refractivity contribution in [3.63, 3.8) is 0 Å². The van der Waals surface area contributed by atoms with Gasteiger partial charge in [0.05, 0.1) is 12.2 Å². The lowest BCUT2D eigenvalue weighted by molar-refractivity contribution is 0.703. The van der Waals surface area contributed by atoms with Crippen molar-refractivity contribution < 1.29 is 0 Å². The molecule has 0 spiro atoms. The highest BCUT2D eigenvalue weighted by Crippen LogP contribution is 2.16. The van der Waals surface area contributed by atoms with Gasteiger partial charge in [0.25, 0.3) is 0 Å². The van der Waals surface area contributed by atoms with E-state index in [-0.39, 0.29) is 24.0 Å². The van der Waals surface area contributed by atoms with E-state index in [1.165, 1.54) is 11.3 Å². The van der Waals surface area contributed by atoms with Crippen LogP contribution in [0.15, 0.2) is 29.4 Å². The molecule has 0 unspecified atom stereocenters. The first kappa shape index (κ1) is 20.4. The van der Waals surface area contributed by atoms with Crippen LogP contribution in [0.25, 0.3) is 0 Å². The highest BCUT2D eigenvalue weighted by Gasteiger charge is 2.12. The Bertz CT molecular complexity index is 651. The van der Waals surface area contributed by atoms with Crippen LogP contribution in [-0.4, -0.2) is 27.3 Å². The largest absolute Gasteiger partial charge is 0.370 e. The standard InChI is InChI=1S/C17H26N6.HI/c1-4-15-14(16(5-2)23(3)22-15)12-21-17(18)20-11-9-13-8-6-7-10-19-13;/h6-8,10H,4-5,9,11-12H2,1-3H3,(H3,18,20,21);1H. The number of nitrogens with one attached hydrogen (secondary N) is 1. The van der Waals surface area contributed by atoms with Crippen LogP contribution in [-0.2, 0) is 32.9 Å². The number of pyridine rings is 1. The van der Waals surface area contributed by atoms with Crippen molar-refractivity contribution in [3.05, 3.63) is 47.0 Å². The van der Waals surface area contributed by atoms with Gasteiger partial charge in [-0.15, -0.1) is 24.0 Å². The molecule has 0 aliphatic heterocycles. The van der Waals surface area contributed by atoms with Crippen molar-refractivity contribution in [2.24, 2.45) is 17.8 Å². The Morgan fingerprint density at radius 3 is 2.71 bits per heavy atom. The molecule has 0 aliphatic rings. The minimum Gasteiger partial charge on any atom is -0.370 e. The first-order valence-electron chi connectivity index (χ1n) is 8.13. The molecule has 7 heteroatoms. The molecular formula is C17H27IN6. The molecule has 0 radical (unpaired) electrons. The van der Waals surface area contributed by atoms with Crippen molar-refractivity contribution >= 4 is 29.9 Å². The number of hydrogen-bond acceptors (Lipinski definition) is 3. The third kappa shape index (κ3) is 5.47. The number of halogens is 1. The number of nitrogens with zero attached hydrogens (tertiary/aromatic N) is 4. The van der Waals surface area contributed by atoms with E-state index in [0.717, 1.165) is 37.2 Å². The summed E-state index contributed by atoms with van der Waals surface area (Å²) < 4.78 is 1.95. The summed E-state index contributed by atoms with van der Waals surface area (Å²) in [5.74, 6) is 0.467. The zero-order valence-corrected chi connectivity index (χ0v) is 16.9. The number of aryl methyl sites for hydroxylation is 2. The third-order valence-electron chi connectivity index (χ3n) is 3.85. The lowest BCUT2D eigenvalue weighted by atomic mass is 10.1. The van der Waals surface area contributed by atoms with E-state index in [9.17, 15) is 0 Å². The van der Waals surface area contributed by atoms with Gasteiger partial charge in [-0.3, -0.25) is 9.67 Å². The lowest BCUT2D eigenvalue weighted by Gasteiger charge is -2.06. The van der Waals surface area contributed by atoms with Crippen LogP contribution >= 0.6 is 24.0 Å². The predicted molar refractivity (Wildman–Crippen MR) is 109 cm³/mol. The molecule has 2 heterocycles. The Morgan fingerprint density at radius 1 is 1.29 bits per heavy atom. The number of aromatic nitrogens is 3. The van der Waals surface area contributed by atoms with Crippen LogP contribution in [0.4, 0.5) is 0 Å². The Labute approximate surface area is 161 Å². The van der Waals surface area contributed by atoms with Crippen LogP contribution < -0.4 is 11.1 Å². The van der Waals surface area contributed by atoms with Gasteiger partial charge in [0.1, 0.15) is 0 Å². The monoisotopic (exact) mass is 442 g/mol. The molecule has 0 aliphatic carbocycles. The van der Waals surface area contributed by atoms with Crippen LogP contribution in [0.3, 0.4) is 0 Å². The summed E-state index contributed by atoms with van der Waals surface area (Å²) >= 11 is 0. The highest BCUT2D eigenvalue weighted by molar-refractivity contribution is 14.0. The molecule has 0 aromatic carbocycles. The molecule has 0 saturated heterocycles. The SMILES string of the molecule is CCc1nn(C)c(CC)c1CN=C(N)NCCc1ccccn1.I. The summed E-state index contributed by atoms with van der Waals surface area (Å²) in [5.41, 5.74) is 10.5. The van der Waals surface area contributed by atoms with E-state index in [2.05, 4.69) is 34.2 Å². The van der Waals surface area contributed by atoms with Crippen LogP contribution in [0, 0.1) is 0 Å². The highest BCUT2D eigenvalue weighted by atomic mass is 127. The van der Waals surface area contributed by atoms with Crippen molar-refractivity contribution in [2.45, 2.75) is 39.7 Å². The molecule has 6 nitrogen and oxygen atoms in total. The average Bonchev–Trinajstić information content (AvgIpc) is 2.88. The molecule has 0 atom stereocenters. The maximum atomic E-state index is 5.97. The quantitative estimate of drug-likeness (QED) is 0.392. The van der Waals surface area contributed by atoms with Crippen LogP contribution in [0.2, 0.25) is 0 Å². The maximum absolute atomic E-state index is 5.97. The average molecular weight is 442 g/mol.